The number of aromatic nitrogens is 2. The average molecular weight is 193 g/mol. The van der Waals surface area contributed by atoms with Gasteiger partial charge in [-0.1, -0.05) is 12.8 Å². The SMILES string of the molecule is C#CCONc1cc(=O)[nH]c(CC)n1. The predicted molar refractivity (Wildman–Crippen MR) is 52.6 cm³/mol. The van der Waals surface area contributed by atoms with E-state index in [0.29, 0.717) is 18.1 Å². The molecule has 0 unspecified atom stereocenters. The zero-order chi connectivity index (χ0) is 10.4. The summed E-state index contributed by atoms with van der Waals surface area (Å²) in [6.07, 6.45) is 5.63. The number of aryl methyl sites for hydroxylation is 1. The number of hydrogen-bond donors (Lipinski definition) is 2. The second-order valence-corrected chi connectivity index (χ2v) is 2.53. The van der Waals surface area contributed by atoms with Gasteiger partial charge in [0.25, 0.3) is 5.56 Å². The molecule has 74 valence electrons. The van der Waals surface area contributed by atoms with E-state index >= 15 is 0 Å². The molecule has 0 aliphatic carbocycles. The van der Waals surface area contributed by atoms with Crippen molar-refractivity contribution in [2.45, 2.75) is 13.3 Å². The van der Waals surface area contributed by atoms with Crippen molar-refractivity contribution in [2.24, 2.45) is 0 Å². The standard InChI is InChI=1S/C9H11N3O2/c1-3-5-14-12-8-6-9(13)11-7(4-2)10-8/h1,6H,4-5H2,2H3,(H2,10,11,12,13). The monoisotopic (exact) mass is 193 g/mol. The molecular weight excluding hydrogens is 182 g/mol. The third-order valence-electron chi connectivity index (χ3n) is 1.46. The highest BCUT2D eigenvalue weighted by atomic mass is 16.6. The van der Waals surface area contributed by atoms with Gasteiger partial charge in [0.05, 0.1) is 0 Å². The highest BCUT2D eigenvalue weighted by Crippen LogP contribution is 1.98. The third-order valence-corrected chi connectivity index (χ3v) is 1.46. The van der Waals surface area contributed by atoms with Crippen molar-refractivity contribution in [3.8, 4) is 12.3 Å². The Bertz CT molecular complexity index is 392. The molecule has 0 atom stereocenters. The lowest BCUT2D eigenvalue weighted by molar-refractivity contribution is 0.232. The minimum Gasteiger partial charge on any atom is -0.310 e. The van der Waals surface area contributed by atoms with Gasteiger partial charge >= 0.3 is 0 Å². The smallest absolute Gasteiger partial charge is 0.253 e. The normalized spacial score (nSPS) is 9.43. The molecule has 0 fully saturated rings. The summed E-state index contributed by atoms with van der Waals surface area (Å²) in [5, 5.41) is 0. The molecule has 0 aromatic carbocycles. The van der Waals surface area contributed by atoms with Gasteiger partial charge < -0.3 is 4.98 Å². The van der Waals surface area contributed by atoms with Crippen LogP contribution in [0, 0.1) is 12.3 Å². The molecule has 0 aliphatic heterocycles. The molecule has 1 rings (SSSR count). The summed E-state index contributed by atoms with van der Waals surface area (Å²) in [7, 11) is 0. The van der Waals surface area contributed by atoms with Crippen LogP contribution in [0.1, 0.15) is 12.7 Å². The van der Waals surface area contributed by atoms with Gasteiger partial charge in [-0.25, -0.2) is 10.5 Å². The maximum Gasteiger partial charge on any atom is 0.253 e. The molecule has 5 nitrogen and oxygen atoms in total. The summed E-state index contributed by atoms with van der Waals surface area (Å²) >= 11 is 0. The highest BCUT2D eigenvalue weighted by molar-refractivity contribution is 5.29. The lowest BCUT2D eigenvalue weighted by Crippen LogP contribution is -2.13. The fraction of sp³-hybridized carbons (Fsp3) is 0.333. The molecule has 0 aliphatic rings. The number of nitrogens with zero attached hydrogens (tertiary/aromatic N) is 1. The Morgan fingerprint density at radius 3 is 3.21 bits per heavy atom. The first kappa shape index (κ1) is 10.3. The van der Waals surface area contributed by atoms with Crippen molar-refractivity contribution in [3.05, 3.63) is 22.2 Å². The Morgan fingerprint density at radius 1 is 1.79 bits per heavy atom. The molecule has 0 spiro atoms. The van der Waals surface area contributed by atoms with Crippen molar-refractivity contribution in [2.75, 3.05) is 12.1 Å². The first-order chi connectivity index (χ1) is 6.76. The van der Waals surface area contributed by atoms with Crippen LogP contribution in [0.2, 0.25) is 0 Å². The topological polar surface area (TPSA) is 67.0 Å². The van der Waals surface area contributed by atoms with E-state index in [1.165, 1.54) is 6.07 Å². The minimum atomic E-state index is -0.219. The molecular formula is C9H11N3O2. The first-order valence-corrected chi connectivity index (χ1v) is 4.17. The van der Waals surface area contributed by atoms with Gasteiger partial charge in [0.15, 0.2) is 5.82 Å². The second kappa shape index (κ2) is 5.04. The van der Waals surface area contributed by atoms with Gasteiger partial charge in [-0.15, -0.1) is 6.42 Å². The lowest BCUT2D eigenvalue weighted by Gasteiger charge is -2.03. The van der Waals surface area contributed by atoms with Crippen LogP contribution in [0.25, 0.3) is 0 Å². The third kappa shape index (κ3) is 2.92. The van der Waals surface area contributed by atoms with Gasteiger partial charge in [0.2, 0.25) is 0 Å². The highest BCUT2D eigenvalue weighted by Gasteiger charge is 1.98. The Hall–Kier alpha value is -1.80. The molecule has 1 aromatic heterocycles. The predicted octanol–water partition coefficient (Wildman–Crippen LogP) is 0.309. The minimum absolute atomic E-state index is 0.121. The largest absolute Gasteiger partial charge is 0.310 e. The number of terminal acetylenes is 1. The van der Waals surface area contributed by atoms with E-state index in [4.69, 9.17) is 11.3 Å². The molecule has 0 bridgehead atoms. The van der Waals surface area contributed by atoms with Crippen LogP contribution in [0.5, 0.6) is 0 Å². The zero-order valence-electron chi connectivity index (χ0n) is 7.83. The van der Waals surface area contributed by atoms with Gasteiger partial charge in [-0.2, -0.15) is 0 Å². The molecule has 2 N–H and O–H groups in total. The number of rotatable bonds is 4. The fourth-order valence-electron chi connectivity index (χ4n) is 0.880. The van der Waals surface area contributed by atoms with Gasteiger partial charge in [-0.05, 0) is 0 Å². The van der Waals surface area contributed by atoms with Crippen LogP contribution in [0.4, 0.5) is 5.82 Å². The van der Waals surface area contributed by atoms with Crippen LogP contribution < -0.4 is 11.0 Å². The van der Waals surface area contributed by atoms with Crippen LogP contribution >= 0.6 is 0 Å². The van der Waals surface area contributed by atoms with Crippen molar-refractivity contribution in [1.29, 1.82) is 0 Å². The molecule has 0 amide bonds. The molecule has 5 heteroatoms. The first-order valence-electron chi connectivity index (χ1n) is 4.17. The van der Waals surface area contributed by atoms with Crippen LogP contribution in [0.15, 0.2) is 10.9 Å². The van der Waals surface area contributed by atoms with E-state index < -0.39 is 0 Å². The van der Waals surface area contributed by atoms with Crippen molar-refractivity contribution in [1.82, 2.24) is 9.97 Å². The van der Waals surface area contributed by atoms with Crippen molar-refractivity contribution >= 4 is 5.82 Å². The quantitative estimate of drug-likeness (QED) is 0.410. The van der Waals surface area contributed by atoms with Crippen molar-refractivity contribution < 1.29 is 4.84 Å². The Kier molecular flexibility index (Phi) is 3.70. The zero-order valence-corrected chi connectivity index (χ0v) is 7.83. The molecule has 0 radical (unpaired) electrons. The summed E-state index contributed by atoms with van der Waals surface area (Å²) in [4.78, 5) is 22.5. The second-order valence-electron chi connectivity index (χ2n) is 2.53. The molecule has 14 heavy (non-hydrogen) atoms. The average Bonchev–Trinajstić information content (AvgIpc) is 2.17. The summed E-state index contributed by atoms with van der Waals surface area (Å²) in [6.45, 7) is 2.01. The molecule has 0 saturated carbocycles. The van der Waals surface area contributed by atoms with Crippen LogP contribution in [0.3, 0.4) is 0 Å². The van der Waals surface area contributed by atoms with Crippen LogP contribution in [-0.2, 0) is 11.3 Å². The van der Waals surface area contributed by atoms with Gasteiger partial charge in [-0.3, -0.25) is 9.63 Å². The number of aromatic amines is 1. The van der Waals surface area contributed by atoms with E-state index in [9.17, 15) is 4.79 Å². The fourth-order valence-corrected chi connectivity index (χ4v) is 0.880. The summed E-state index contributed by atoms with van der Waals surface area (Å²) in [5.74, 6) is 3.25. The van der Waals surface area contributed by atoms with E-state index in [-0.39, 0.29) is 12.2 Å². The number of anilines is 1. The van der Waals surface area contributed by atoms with E-state index in [2.05, 4.69) is 21.4 Å². The number of H-pyrrole nitrogens is 1. The maximum absolute atomic E-state index is 11.1. The number of hydrogen-bond acceptors (Lipinski definition) is 4. The maximum atomic E-state index is 11.1. The summed E-state index contributed by atoms with van der Waals surface area (Å²) in [6, 6.07) is 1.30. The Morgan fingerprint density at radius 2 is 2.57 bits per heavy atom. The van der Waals surface area contributed by atoms with E-state index in [1.807, 2.05) is 6.92 Å². The Balaban J connectivity index is 2.72. The lowest BCUT2D eigenvalue weighted by atomic mass is 10.4. The molecule has 1 aromatic rings. The van der Waals surface area contributed by atoms with E-state index in [1.54, 1.807) is 0 Å². The summed E-state index contributed by atoms with van der Waals surface area (Å²) in [5.41, 5.74) is 2.27. The van der Waals surface area contributed by atoms with E-state index in [0.717, 1.165) is 0 Å². The summed E-state index contributed by atoms with van der Waals surface area (Å²) < 4.78 is 0. The Labute approximate surface area is 81.5 Å². The van der Waals surface area contributed by atoms with Crippen LogP contribution in [-0.4, -0.2) is 16.6 Å². The number of nitrogens with one attached hydrogen (secondary N) is 2. The molecule has 1 heterocycles. The van der Waals surface area contributed by atoms with Gasteiger partial charge in [0.1, 0.15) is 12.4 Å². The molecule has 0 saturated heterocycles. The van der Waals surface area contributed by atoms with Crippen molar-refractivity contribution in [3.63, 3.8) is 0 Å². The van der Waals surface area contributed by atoms with Gasteiger partial charge in [0, 0.05) is 12.5 Å².